The Bertz CT molecular complexity index is 374. The number of carbonyl (C=O) groups excluding carboxylic acids is 1. The molecule has 1 saturated carbocycles. The Morgan fingerprint density at radius 1 is 1.56 bits per heavy atom. The summed E-state index contributed by atoms with van der Waals surface area (Å²) in [5.41, 5.74) is 0.429. The van der Waals surface area contributed by atoms with Gasteiger partial charge in [-0.2, -0.15) is 0 Å². The number of halogens is 2. The van der Waals surface area contributed by atoms with Crippen LogP contribution < -0.4 is 0 Å². The van der Waals surface area contributed by atoms with Gasteiger partial charge in [0.25, 0.3) is 5.91 Å². The number of rotatable bonds is 4. The van der Waals surface area contributed by atoms with Gasteiger partial charge in [-0.05, 0) is 36.9 Å². The average molecular weight is 262 g/mol. The molecule has 3 nitrogen and oxygen atoms in total. The van der Waals surface area contributed by atoms with E-state index in [0.29, 0.717) is 24.0 Å². The monoisotopic (exact) mass is 261 g/mol. The highest BCUT2D eigenvalue weighted by atomic mass is 35.5. The van der Waals surface area contributed by atoms with Gasteiger partial charge in [-0.1, -0.05) is 0 Å². The highest BCUT2D eigenvalue weighted by Gasteiger charge is 2.30. The zero-order chi connectivity index (χ0) is 11.5. The van der Waals surface area contributed by atoms with E-state index in [2.05, 4.69) is 0 Å². The molecule has 1 amide bonds. The third-order valence-corrected chi connectivity index (χ3v) is 3.41. The zero-order valence-corrected chi connectivity index (χ0v) is 10.3. The molecule has 16 heavy (non-hydrogen) atoms. The first-order valence-corrected chi connectivity index (χ1v) is 6.25. The average Bonchev–Trinajstić information content (AvgIpc) is 2.60. The molecule has 0 spiro atoms. The molecule has 1 aromatic heterocycles. The Morgan fingerprint density at radius 2 is 2.31 bits per heavy atom. The SMILES string of the molecule is O=C(c1ccoc1Cl)N(CCCl)C1CCC1. The van der Waals surface area contributed by atoms with E-state index in [4.69, 9.17) is 27.6 Å². The maximum atomic E-state index is 12.2. The molecule has 1 aliphatic rings. The van der Waals surface area contributed by atoms with Crippen LogP contribution in [-0.2, 0) is 0 Å². The molecule has 0 bridgehead atoms. The van der Waals surface area contributed by atoms with Crippen molar-refractivity contribution < 1.29 is 9.21 Å². The molecule has 0 aliphatic heterocycles. The first kappa shape index (κ1) is 11.8. The highest BCUT2D eigenvalue weighted by Crippen LogP contribution is 2.28. The molecule has 0 N–H and O–H groups in total. The third kappa shape index (κ3) is 2.20. The van der Waals surface area contributed by atoms with Gasteiger partial charge in [0, 0.05) is 18.5 Å². The summed E-state index contributed by atoms with van der Waals surface area (Å²) in [5, 5.41) is 0.156. The van der Waals surface area contributed by atoms with E-state index in [-0.39, 0.29) is 11.1 Å². The minimum Gasteiger partial charge on any atom is -0.452 e. The molecular formula is C11H13Cl2NO2. The number of amides is 1. The maximum absolute atomic E-state index is 12.2. The van der Waals surface area contributed by atoms with Crippen LogP contribution in [-0.4, -0.2) is 29.3 Å². The van der Waals surface area contributed by atoms with E-state index >= 15 is 0 Å². The van der Waals surface area contributed by atoms with Crippen LogP contribution in [0.1, 0.15) is 29.6 Å². The van der Waals surface area contributed by atoms with Crippen LogP contribution in [0, 0.1) is 0 Å². The Labute approximate surface area is 104 Å². The third-order valence-electron chi connectivity index (χ3n) is 2.95. The Morgan fingerprint density at radius 3 is 2.75 bits per heavy atom. The summed E-state index contributed by atoms with van der Waals surface area (Å²) < 4.78 is 4.93. The van der Waals surface area contributed by atoms with Crippen molar-refractivity contribution in [1.29, 1.82) is 0 Å². The predicted octanol–water partition coefficient (Wildman–Crippen LogP) is 3.17. The van der Waals surface area contributed by atoms with Crippen molar-refractivity contribution in [2.45, 2.75) is 25.3 Å². The Hall–Kier alpha value is -0.670. The molecule has 1 fully saturated rings. The number of furan rings is 1. The van der Waals surface area contributed by atoms with Gasteiger partial charge in [0.2, 0.25) is 5.22 Å². The number of alkyl halides is 1. The van der Waals surface area contributed by atoms with Crippen LogP contribution in [0.2, 0.25) is 5.22 Å². The van der Waals surface area contributed by atoms with E-state index in [0.717, 1.165) is 12.8 Å². The van der Waals surface area contributed by atoms with Gasteiger partial charge in [0.15, 0.2) is 0 Å². The van der Waals surface area contributed by atoms with Gasteiger partial charge in [-0.15, -0.1) is 11.6 Å². The van der Waals surface area contributed by atoms with E-state index in [1.807, 2.05) is 0 Å². The van der Waals surface area contributed by atoms with E-state index < -0.39 is 0 Å². The van der Waals surface area contributed by atoms with Gasteiger partial charge in [-0.3, -0.25) is 4.79 Å². The second-order valence-electron chi connectivity index (χ2n) is 3.88. The van der Waals surface area contributed by atoms with Gasteiger partial charge in [-0.25, -0.2) is 0 Å². The Balaban J connectivity index is 2.13. The molecule has 0 atom stereocenters. The van der Waals surface area contributed by atoms with Crippen molar-refractivity contribution in [2.24, 2.45) is 0 Å². The molecule has 88 valence electrons. The van der Waals surface area contributed by atoms with Gasteiger partial charge < -0.3 is 9.32 Å². The normalized spacial score (nSPS) is 15.9. The molecule has 1 heterocycles. The van der Waals surface area contributed by atoms with Crippen LogP contribution in [0.25, 0.3) is 0 Å². The first-order chi connectivity index (χ1) is 7.74. The molecule has 2 rings (SSSR count). The predicted molar refractivity (Wildman–Crippen MR) is 63.1 cm³/mol. The van der Waals surface area contributed by atoms with Gasteiger partial charge in [0.1, 0.15) is 0 Å². The molecule has 1 aliphatic carbocycles. The van der Waals surface area contributed by atoms with E-state index in [1.54, 1.807) is 11.0 Å². The summed E-state index contributed by atoms with van der Waals surface area (Å²) in [5.74, 6) is 0.363. The fourth-order valence-corrected chi connectivity index (χ4v) is 2.22. The summed E-state index contributed by atoms with van der Waals surface area (Å²) in [6.07, 6.45) is 4.71. The van der Waals surface area contributed by atoms with Gasteiger partial charge in [0.05, 0.1) is 11.8 Å². The molecule has 0 saturated heterocycles. The van der Waals surface area contributed by atoms with Crippen molar-refractivity contribution in [3.05, 3.63) is 23.1 Å². The van der Waals surface area contributed by atoms with Gasteiger partial charge >= 0.3 is 0 Å². The Kier molecular flexibility index (Phi) is 3.77. The fraction of sp³-hybridized carbons (Fsp3) is 0.545. The summed E-state index contributed by atoms with van der Waals surface area (Å²) in [6.45, 7) is 0.562. The van der Waals surface area contributed by atoms with Crippen LogP contribution >= 0.6 is 23.2 Å². The molecular weight excluding hydrogens is 249 g/mol. The van der Waals surface area contributed by atoms with Crippen molar-refractivity contribution in [1.82, 2.24) is 4.90 Å². The second-order valence-corrected chi connectivity index (χ2v) is 4.60. The fourth-order valence-electron chi connectivity index (χ4n) is 1.84. The molecule has 5 heteroatoms. The lowest BCUT2D eigenvalue weighted by atomic mass is 9.91. The minimum absolute atomic E-state index is 0.0795. The van der Waals surface area contributed by atoms with Crippen molar-refractivity contribution in [3.63, 3.8) is 0 Å². The lowest BCUT2D eigenvalue weighted by molar-refractivity contribution is 0.0597. The standard InChI is InChI=1S/C11H13Cl2NO2/c12-5-6-14(8-2-1-3-8)11(15)9-4-7-16-10(9)13/h4,7-8H,1-3,5-6H2. The molecule has 0 aromatic carbocycles. The minimum atomic E-state index is -0.0795. The summed E-state index contributed by atoms with van der Waals surface area (Å²) in [6, 6.07) is 1.92. The topological polar surface area (TPSA) is 33.5 Å². The zero-order valence-electron chi connectivity index (χ0n) is 8.79. The van der Waals surface area contributed by atoms with Crippen molar-refractivity contribution in [3.8, 4) is 0 Å². The molecule has 0 unspecified atom stereocenters. The van der Waals surface area contributed by atoms with E-state index in [9.17, 15) is 4.79 Å². The largest absolute Gasteiger partial charge is 0.452 e. The number of carbonyl (C=O) groups is 1. The van der Waals surface area contributed by atoms with Crippen LogP contribution in [0.4, 0.5) is 0 Å². The van der Waals surface area contributed by atoms with Crippen LogP contribution in [0.5, 0.6) is 0 Å². The molecule has 0 radical (unpaired) electrons. The quantitative estimate of drug-likeness (QED) is 0.781. The second kappa shape index (κ2) is 5.11. The summed E-state index contributed by atoms with van der Waals surface area (Å²) in [4.78, 5) is 14.0. The van der Waals surface area contributed by atoms with Crippen molar-refractivity contribution >= 4 is 29.1 Å². The number of hydrogen-bond acceptors (Lipinski definition) is 2. The van der Waals surface area contributed by atoms with Crippen LogP contribution in [0.3, 0.4) is 0 Å². The summed E-state index contributed by atoms with van der Waals surface area (Å²) >= 11 is 11.5. The van der Waals surface area contributed by atoms with Crippen LogP contribution in [0.15, 0.2) is 16.7 Å². The number of hydrogen-bond donors (Lipinski definition) is 0. The number of nitrogens with zero attached hydrogens (tertiary/aromatic N) is 1. The lowest BCUT2D eigenvalue weighted by Gasteiger charge is -2.37. The lowest BCUT2D eigenvalue weighted by Crippen LogP contribution is -2.45. The smallest absolute Gasteiger partial charge is 0.259 e. The summed E-state index contributed by atoms with van der Waals surface area (Å²) in [7, 11) is 0. The molecule has 1 aromatic rings. The van der Waals surface area contributed by atoms with Crippen molar-refractivity contribution in [2.75, 3.05) is 12.4 Å². The highest BCUT2D eigenvalue weighted by molar-refractivity contribution is 6.32. The maximum Gasteiger partial charge on any atom is 0.259 e. The first-order valence-electron chi connectivity index (χ1n) is 5.34. The van der Waals surface area contributed by atoms with E-state index in [1.165, 1.54) is 12.7 Å².